The summed E-state index contributed by atoms with van der Waals surface area (Å²) < 4.78 is 0. The topological polar surface area (TPSA) is 47.6 Å². The Morgan fingerprint density at radius 1 is 0.941 bits per heavy atom. The van der Waals surface area contributed by atoms with Crippen molar-refractivity contribution in [3.8, 4) is 0 Å². The first kappa shape index (κ1) is 24.5. The summed E-state index contributed by atoms with van der Waals surface area (Å²) in [5.41, 5.74) is 4.51. The third-order valence-corrected chi connectivity index (χ3v) is 6.70. The molecule has 34 heavy (non-hydrogen) atoms. The van der Waals surface area contributed by atoms with Crippen LogP contribution in [-0.4, -0.2) is 42.1 Å². The molecule has 176 valence electrons. The Hall–Kier alpha value is -2.64. The smallest absolute Gasteiger partial charge is 0.258 e. The molecule has 0 atom stereocenters. The zero-order valence-electron chi connectivity index (χ0n) is 18.9. The fourth-order valence-corrected chi connectivity index (χ4v) is 4.65. The Kier molecular flexibility index (Phi) is 8.06. The molecule has 0 bridgehead atoms. The van der Waals surface area contributed by atoms with Crippen LogP contribution in [-0.2, 0) is 6.54 Å². The molecule has 3 aromatic carbocycles. The second-order valence-electron chi connectivity index (χ2n) is 8.29. The van der Waals surface area contributed by atoms with Gasteiger partial charge >= 0.3 is 0 Å². The van der Waals surface area contributed by atoms with Crippen molar-refractivity contribution in [1.82, 2.24) is 10.2 Å². The molecule has 1 fully saturated rings. The molecule has 0 saturated carbocycles. The van der Waals surface area contributed by atoms with Crippen LogP contribution in [0.5, 0.6) is 0 Å². The lowest BCUT2D eigenvalue weighted by Gasteiger charge is -2.36. The number of rotatable bonds is 5. The average molecular weight is 513 g/mol. The highest BCUT2D eigenvalue weighted by molar-refractivity contribution is 7.80. The molecule has 8 heteroatoms. The number of nitrogens with zero attached hydrogens (tertiary/aromatic N) is 2. The Morgan fingerprint density at radius 3 is 2.32 bits per heavy atom. The molecule has 0 unspecified atom stereocenters. The van der Waals surface area contributed by atoms with Gasteiger partial charge < -0.3 is 10.2 Å². The number of carbonyl (C=O) groups is 1. The van der Waals surface area contributed by atoms with Crippen LogP contribution in [0.1, 0.15) is 21.5 Å². The Balaban J connectivity index is 1.27. The summed E-state index contributed by atoms with van der Waals surface area (Å²) in [4.78, 5) is 17.3. The fourth-order valence-electron chi connectivity index (χ4n) is 3.92. The van der Waals surface area contributed by atoms with Gasteiger partial charge in [0.25, 0.3) is 5.91 Å². The average Bonchev–Trinajstić information content (AvgIpc) is 2.81. The quantitative estimate of drug-likeness (QED) is 0.426. The molecule has 0 spiro atoms. The number of anilines is 2. The summed E-state index contributed by atoms with van der Waals surface area (Å²) in [6.45, 7) is 6.63. The van der Waals surface area contributed by atoms with Gasteiger partial charge in [0.15, 0.2) is 5.11 Å². The maximum absolute atomic E-state index is 12.5. The van der Waals surface area contributed by atoms with Crippen LogP contribution in [0, 0.1) is 6.92 Å². The van der Waals surface area contributed by atoms with Crippen molar-refractivity contribution in [2.75, 3.05) is 36.4 Å². The molecule has 1 aliphatic rings. The molecule has 4 rings (SSSR count). The number of carbonyl (C=O) groups excluding carboxylic acids is 1. The predicted molar refractivity (Wildman–Crippen MR) is 145 cm³/mol. The van der Waals surface area contributed by atoms with Crippen molar-refractivity contribution < 1.29 is 4.79 Å². The van der Waals surface area contributed by atoms with Crippen LogP contribution >= 0.6 is 35.4 Å². The highest BCUT2D eigenvalue weighted by Gasteiger charge is 2.18. The Morgan fingerprint density at radius 2 is 1.65 bits per heavy atom. The van der Waals surface area contributed by atoms with E-state index >= 15 is 0 Å². The first-order chi connectivity index (χ1) is 16.4. The molecule has 0 aliphatic carbocycles. The highest BCUT2D eigenvalue weighted by Crippen LogP contribution is 2.22. The first-order valence-electron chi connectivity index (χ1n) is 11.1. The number of hydrogen-bond donors (Lipinski definition) is 2. The summed E-state index contributed by atoms with van der Waals surface area (Å²) in [5, 5.41) is 7.19. The molecule has 1 heterocycles. The van der Waals surface area contributed by atoms with E-state index < -0.39 is 0 Å². The Bertz CT molecular complexity index is 1180. The minimum atomic E-state index is -0.339. The van der Waals surface area contributed by atoms with Gasteiger partial charge in [-0.05, 0) is 72.7 Å². The number of thiocarbonyl (C=S) groups is 1. The van der Waals surface area contributed by atoms with Crippen LogP contribution in [0.15, 0.2) is 66.7 Å². The van der Waals surface area contributed by atoms with Crippen molar-refractivity contribution in [3.05, 3.63) is 93.5 Å². The van der Waals surface area contributed by atoms with E-state index in [0.717, 1.165) is 54.7 Å². The minimum Gasteiger partial charge on any atom is -0.369 e. The molecular formula is C26H26Cl2N4OS. The molecular weight excluding hydrogens is 487 g/mol. The third kappa shape index (κ3) is 6.27. The van der Waals surface area contributed by atoms with E-state index in [2.05, 4.69) is 38.6 Å². The van der Waals surface area contributed by atoms with Crippen LogP contribution in [0.25, 0.3) is 0 Å². The largest absolute Gasteiger partial charge is 0.369 e. The number of piperazine rings is 1. The molecule has 5 nitrogen and oxygen atoms in total. The predicted octanol–water partition coefficient (Wildman–Crippen LogP) is 5.75. The zero-order valence-corrected chi connectivity index (χ0v) is 21.2. The molecule has 2 N–H and O–H groups in total. The van der Waals surface area contributed by atoms with Gasteiger partial charge in [-0.1, -0.05) is 47.5 Å². The fraction of sp³-hybridized carbons (Fsp3) is 0.231. The standard InChI is InChI=1S/C26H26Cl2N4OS/c1-18-6-11-22(24(28)16-18)25(33)30-26(34)29-20-7-9-21(10-8-20)32-14-12-31(13-15-32)17-19-4-2-3-5-23(19)27/h2-11,16H,12-15,17H2,1H3,(H2,29,30,33,34). The van der Waals surface area contributed by atoms with E-state index in [1.807, 2.05) is 43.3 Å². The van der Waals surface area contributed by atoms with Crippen molar-refractivity contribution in [2.45, 2.75) is 13.5 Å². The minimum absolute atomic E-state index is 0.225. The van der Waals surface area contributed by atoms with E-state index in [1.165, 1.54) is 5.56 Å². The van der Waals surface area contributed by atoms with Crippen LogP contribution in [0.2, 0.25) is 10.0 Å². The van der Waals surface area contributed by atoms with Gasteiger partial charge in [-0.3, -0.25) is 15.0 Å². The normalized spacial score (nSPS) is 14.0. The number of nitrogens with one attached hydrogen (secondary N) is 2. The van der Waals surface area contributed by atoms with Crippen LogP contribution in [0.4, 0.5) is 11.4 Å². The number of benzene rings is 3. The molecule has 3 aromatic rings. The van der Waals surface area contributed by atoms with E-state index in [-0.39, 0.29) is 11.0 Å². The SMILES string of the molecule is Cc1ccc(C(=O)NC(=S)Nc2ccc(N3CCN(Cc4ccccc4Cl)CC3)cc2)c(Cl)c1. The maximum Gasteiger partial charge on any atom is 0.258 e. The van der Waals surface area contributed by atoms with E-state index in [4.69, 9.17) is 35.4 Å². The molecule has 1 aliphatic heterocycles. The number of aryl methyl sites for hydroxylation is 1. The number of hydrogen-bond acceptors (Lipinski definition) is 4. The highest BCUT2D eigenvalue weighted by atomic mass is 35.5. The summed E-state index contributed by atoms with van der Waals surface area (Å²) in [6.07, 6.45) is 0. The lowest BCUT2D eigenvalue weighted by atomic mass is 10.1. The van der Waals surface area contributed by atoms with Gasteiger partial charge in [-0.15, -0.1) is 0 Å². The lowest BCUT2D eigenvalue weighted by Crippen LogP contribution is -2.46. The van der Waals surface area contributed by atoms with Gasteiger partial charge in [0.1, 0.15) is 0 Å². The van der Waals surface area contributed by atoms with Crippen molar-refractivity contribution in [3.63, 3.8) is 0 Å². The van der Waals surface area contributed by atoms with Gasteiger partial charge in [0.05, 0.1) is 10.6 Å². The van der Waals surface area contributed by atoms with Gasteiger partial charge in [0.2, 0.25) is 0 Å². The maximum atomic E-state index is 12.5. The van der Waals surface area contributed by atoms with E-state index in [0.29, 0.717) is 10.6 Å². The van der Waals surface area contributed by atoms with E-state index in [9.17, 15) is 4.79 Å². The van der Waals surface area contributed by atoms with Gasteiger partial charge in [-0.25, -0.2) is 0 Å². The second kappa shape index (κ2) is 11.2. The van der Waals surface area contributed by atoms with Crippen molar-refractivity contribution in [2.24, 2.45) is 0 Å². The molecule has 1 amide bonds. The molecule has 0 radical (unpaired) electrons. The second-order valence-corrected chi connectivity index (χ2v) is 9.52. The summed E-state index contributed by atoms with van der Waals surface area (Å²) >= 11 is 17.8. The third-order valence-electron chi connectivity index (χ3n) is 5.81. The monoisotopic (exact) mass is 512 g/mol. The van der Waals surface area contributed by atoms with Crippen LogP contribution < -0.4 is 15.5 Å². The summed E-state index contributed by atoms with van der Waals surface area (Å²) in [6, 6.07) is 21.4. The van der Waals surface area contributed by atoms with Gasteiger partial charge in [-0.2, -0.15) is 0 Å². The molecule has 0 aromatic heterocycles. The lowest BCUT2D eigenvalue weighted by molar-refractivity contribution is 0.0978. The Labute approximate surface area is 215 Å². The van der Waals surface area contributed by atoms with Crippen molar-refractivity contribution >= 4 is 57.8 Å². The summed E-state index contributed by atoms with van der Waals surface area (Å²) in [7, 11) is 0. The number of amides is 1. The zero-order chi connectivity index (χ0) is 24.1. The molecule has 1 saturated heterocycles. The van der Waals surface area contributed by atoms with Gasteiger partial charge in [0, 0.05) is 49.1 Å². The van der Waals surface area contributed by atoms with E-state index in [1.54, 1.807) is 12.1 Å². The number of halogens is 2. The summed E-state index contributed by atoms with van der Waals surface area (Å²) in [5.74, 6) is -0.339. The van der Waals surface area contributed by atoms with Crippen LogP contribution in [0.3, 0.4) is 0 Å². The first-order valence-corrected chi connectivity index (χ1v) is 12.2. The van der Waals surface area contributed by atoms with Crippen molar-refractivity contribution in [1.29, 1.82) is 0 Å².